The van der Waals surface area contributed by atoms with Crippen LogP contribution in [0.4, 0.5) is 5.82 Å². The van der Waals surface area contributed by atoms with Crippen LogP contribution in [-0.4, -0.2) is 10.9 Å². The first-order valence-electron chi connectivity index (χ1n) is 6.43. The number of amides is 1. The second kappa shape index (κ2) is 5.90. The number of rotatable bonds is 4. The van der Waals surface area contributed by atoms with Gasteiger partial charge in [0.1, 0.15) is 5.82 Å². The van der Waals surface area contributed by atoms with Gasteiger partial charge in [-0.3, -0.25) is 4.79 Å². The summed E-state index contributed by atoms with van der Waals surface area (Å²) in [6.45, 7) is 0.507. The van der Waals surface area contributed by atoms with Gasteiger partial charge < -0.3 is 10.7 Å². The molecule has 0 aliphatic rings. The van der Waals surface area contributed by atoms with Gasteiger partial charge in [0.05, 0.1) is 5.56 Å². The minimum Gasteiger partial charge on any atom is -0.348 e. The number of benzene rings is 1. The van der Waals surface area contributed by atoms with Crippen molar-refractivity contribution in [2.24, 2.45) is 5.84 Å². The van der Waals surface area contributed by atoms with E-state index in [1.807, 2.05) is 41.1 Å². The molecule has 2 aromatic heterocycles. The molecule has 3 rings (SSSR count). The fourth-order valence-corrected chi connectivity index (χ4v) is 2.83. The van der Waals surface area contributed by atoms with E-state index < -0.39 is 0 Å². The number of fused-ring (bicyclic) bond motifs is 1. The molecule has 21 heavy (non-hydrogen) atoms. The molecule has 0 aliphatic heterocycles. The Morgan fingerprint density at radius 2 is 2.05 bits per heavy atom. The Labute approximate surface area is 125 Å². The van der Waals surface area contributed by atoms with E-state index in [-0.39, 0.29) is 5.91 Å². The third-order valence-corrected chi connectivity index (χ3v) is 3.94. The average Bonchev–Trinajstić information content (AvgIpc) is 3.05. The fraction of sp³-hybridized carbons (Fsp3) is 0.0667. The number of pyridine rings is 1. The molecule has 1 amide bonds. The van der Waals surface area contributed by atoms with Gasteiger partial charge >= 0.3 is 0 Å². The number of thiophene rings is 1. The Morgan fingerprint density at radius 3 is 2.76 bits per heavy atom. The van der Waals surface area contributed by atoms with Crippen molar-refractivity contribution in [2.45, 2.75) is 6.54 Å². The number of anilines is 1. The lowest BCUT2D eigenvalue weighted by Crippen LogP contribution is -2.23. The second-order valence-corrected chi connectivity index (χ2v) is 5.30. The molecule has 0 saturated carbocycles. The molecule has 5 nitrogen and oxygen atoms in total. The summed E-state index contributed by atoms with van der Waals surface area (Å²) in [6, 6.07) is 9.53. The number of carbonyl (C=O) groups excluding carboxylic acids is 1. The Bertz CT molecular complexity index is 770. The third kappa shape index (κ3) is 2.72. The lowest BCUT2D eigenvalue weighted by atomic mass is 10.1. The number of nitrogen functional groups attached to an aromatic ring is 1. The highest BCUT2D eigenvalue weighted by atomic mass is 32.1. The number of hydrogen-bond donors (Lipinski definition) is 3. The molecule has 0 spiro atoms. The number of hydrogen-bond acceptors (Lipinski definition) is 5. The van der Waals surface area contributed by atoms with Crippen molar-refractivity contribution in [3.63, 3.8) is 0 Å². The average molecular weight is 298 g/mol. The van der Waals surface area contributed by atoms with Gasteiger partial charge in [0.2, 0.25) is 0 Å². The zero-order valence-corrected chi connectivity index (χ0v) is 12.0. The van der Waals surface area contributed by atoms with Crippen LogP contribution in [0.5, 0.6) is 0 Å². The number of hydrazine groups is 1. The highest BCUT2D eigenvalue weighted by Gasteiger charge is 2.12. The summed E-state index contributed by atoms with van der Waals surface area (Å²) < 4.78 is 0. The van der Waals surface area contributed by atoms with Gasteiger partial charge in [-0.25, -0.2) is 10.8 Å². The zero-order valence-electron chi connectivity index (χ0n) is 11.2. The molecule has 0 atom stereocenters. The summed E-state index contributed by atoms with van der Waals surface area (Å²) >= 11 is 1.61. The van der Waals surface area contributed by atoms with Gasteiger partial charge in [-0.2, -0.15) is 11.3 Å². The van der Waals surface area contributed by atoms with Crippen LogP contribution in [-0.2, 0) is 6.54 Å². The molecule has 0 unspecified atom stereocenters. The normalized spacial score (nSPS) is 10.5. The minimum atomic E-state index is -0.145. The third-order valence-electron chi connectivity index (χ3n) is 3.21. The van der Waals surface area contributed by atoms with E-state index in [0.717, 1.165) is 16.3 Å². The first-order chi connectivity index (χ1) is 10.3. The monoisotopic (exact) mass is 298 g/mol. The van der Waals surface area contributed by atoms with Crippen molar-refractivity contribution in [3.8, 4) is 0 Å². The van der Waals surface area contributed by atoms with Gasteiger partial charge in [-0.05, 0) is 27.8 Å². The summed E-state index contributed by atoms with van der Waals surface area (Å²) in [4.78, 5) is 16.6. The summed E-state index contributed by atoms with van der Waals surface area (Å²) in [5.41, 5.74) is 4.18. The predicted octanol–water partition coefficient (Wildman–Crippen LogP) is 2.51. The molecular formula is C15H14N4OS. The minimum absolute atomic E-state index is 0.145. The number of nitrogens with zero attached hydrogens (tertiary/aromatic N) is 1. The molecule has 0 fully saturated rings. The number of carbonyl (C=O) groups is 1. The molecule has 0 radical (unpaired) electrons. The summed E-state index contributed by atoms with van der Waals surface area (Å²) in [5.74, 6) is 5.86. The molecule has 1 aromatic carbocycles. The van der Waals surface area contributed by atoms with Crippen LogP contribution in [0.25, 0.3) is 10.8 Å². The van der Waals surface area contributed by atoms with Crippen LogP contribution >= 0.6 is 11.3 Å². The van der Waals surface area contributed by atoms with Crippen LogP contribution in [0.1, 0.15) is 15.9 Å². The second-order valence-electron chi connectivity index (χ2n) is 4.52. The molecule has 106 valence electrons. The first-order valence-corrected chi connectivity index (χ1v) is 7.37. The van der Waals surface area contributed by atoms with Gasteiger partial charge in [0.15, 0.2) is 0 Å². The van der Waals surface area contributed by atoms with Gasteiger partial charge in [0.25, 0.3) is 5.91 Å². The molecule has 0 bridgehead atoms. The Morgan fingerprint density at radius 1 is 1.24 bits per heavy atom. The Hall–Kier alpha value is -2.44. The maximum atomic E-state index is 12.4. The van der Waals surface area contributed by atoms with Gasteiger partial charge in [-0.15, -0.1) is 0 Å². The standard InChI is InChI=1S/C15H14N4OS/c16-19-14-12-4-2-1-3-11(12)13(8-17-14)15(20)18-7-10-5-6-21-9-10/h1-6,8-9H,7,16H2,(H,17,19)(H,18,20). The van der Waals surface area contributed by atoms with Crippen molar-refractivity contribution >= 4 is 33.8 Å². The van der Waals surface area contributed by atoms with E-state index in [9.17, 15) is 4.79 Å². The van der Waals surface area contributed by atoms with Crippen molar-refractivity contribution in [1.82, 2.24) is 10.3 Å². The lowest BCUT2D eigenvalue weighted by Gasteiger charge is -2.10. The number of aromatic nitrogens is 1. The number of nitrogens with one attached hydrogen (secondary N) is 2. The van der Waals surface area contributed by atoms with Crippen molar-refractivity contribution in [1.29, 1.82) is 0 Å². The summed E-state index contributed by atoms with van der Waals surface area (Å²) in [5, 5.41) is 8.55. The van der Waals surface area contributed by atoms with Crippen molar-refractivity contribution in [2.75, 3.05) is 5.43 Å². The van der Waals surface area contributed by atoms with Crippen LogP contribution < -0.4 is 16.6 Å². The smallest absolute Gasteiger partial charge is 0.253 e. The molecule has 0 saturated heterocycles. The first kappa shape index (κ1) is 13.5. The van der Waals surface area contributed by atoms with Crippen LogP contribution in [0.2, 0.25) is 0 Å². The van der Waals surface area contributed by atoms with Crippen molar-refractivity contribution in [3.05, 3.63) is 58.4 Å². The highest BCUT2D eigenvalue weighted by molar-refractivity contribution is 7.07. The van der Waals surface area contributed by atoms with E-state index in [1.165, 1.54) is 0 Å². The van der Waals surface area contributed by atoms with Crippen LogP contribution in [0, 0.1) is 0 Å². The van der Waals surface area contributed by atoms with Crippen molar-refractivity contribution < 1.29 is 4.79 Å². The Kier molecular flexibility index (Phi) is 3.81. The lowest BCUT2D eigenvalue weighted by molar-refractivity contribution is 0.0952. The molecule has 6 heteroatoms. The topological polar surface area (TPSA) is 80.0 Å². The van der Waals surface area contributed by atoms with E-state index >= 15 is 0 Å². The molecule has 0 aliphatic carbocycles. The van der Waals surface area contributed by atoms with Gasteiger partial charge in [0, 0.05) is 18.1 Å². The maximum Gasteiger partial charge on any atom is 0.253 e. The SMILES string of the molecule is NNc1ncc(C(=O)NCc2ccsc2)c2ccccc12. The zero-order chi connectivity index (χ0) is 14.7. The predicted molar refractivity (Wildman–Crippen MR) is 85.0 cm³/mol. The van der Waals surface area contributed by atoms with Crippen LogP contribution in [0.3, 0.4) is 0 Å². The molecule has 4 N–H and O–H groups in total. The largest absolute Gasteiger partial charge is 0.348 e. The quantitative estimate of drug-likeness (QED) is 0.511. The van der Waals surface area contributed by atoms with E-state index in [2.05, 4.69) is 15.7 Å². The highest BCUT2D eigenvalue weighted by Crippen LogP contribution is 2.23. The summed E-state index contributed by atoms with van der Waals surface area (Å²) in [6.07, 6.45) is 1.54. The Balaban J connectivity index is 1.91. The maximum absolute atomic E-state index is 12.4. The molecule has 2 heterocycles. The van der Waals surface area contributed by atoms with E-state index in [0.29, 0.717) is 17.9 Å². The molecule has 3 aromatic rings. The number of nitrogens with two attached hydrogens (primary N) is 1. The summed E-state index contributed by atoms with van der Waals surface area (Å²) in [7, 11) is 0. The fourth-order valence-electron chi connectivity index (χ4n) is 2.16. The van der Waals surface area contributed by atoms with E-state index in [1.54, 1.807) is 17.5 Å². The van der Waals surface area contributed by atoms with Crippen LogP contribution in [0.15, 0.2) is 47.3 Å². The van der Waals surface area contributed by atoms with E-state index in [4.69, 9.17) is 5.84 Å². The molecular weight excluding hydrogens is 284 g/mol. The van der Waals surface area contributed by atoms with Gasteiger partial charge in [-0.1, -0.05) is 24.3 Å².